The van der Waals surface area contributed by atoms with Crippen LogP contribution in [0.25, 0.3) is 31.1 Å². The van der Waals surface area contributed by atoms with E-state index in [0.717, 1.165) is 0 Å². The highest BCUT2D eigenvalue weighted by Gasteiger charge is 2.15. The Balaban J connectivity index is 2.36. The number of hydrogen-bond donors (Lipinski definition) is 0. The van der Waals surface area contributed by atoms with Gasteiger partial charge >= 0.3 is 0 Å². The molecular formula is C16H6ClF2NOS. The summed E-state index contributed by atoms with van der Waals surface area (Å²) < 4.78 is 28.4. The fourth-order valence-corrected chi connectivity index (χ4v) is 3.82. The van der Waals surface area contributed by atoms with Gasteiger partial charge in [-0.1, -0.05) is 11.6 Å². The van der Waals surface area contributed by atoms with Crippen LogP contribution in [0.2, 0.25) is 5.02 Å². The van der Waals surface area contributed by atoms with Crippen LogP contribution in [0.1, 0.15) is 0 Å². The van der Waals surface area contributed by atoms with E-state index >= 15 is 0 Å². The summed E-state index contributed by atoms with van der Waals surface area (Å²) in [6, 6.07) is 6.71. The maximum atomic E-state index is 13.8. The van der Waals surface area contributed by atoms with Crippen molar-refractivity contribution in [1.82, 2.24) is 4.98 Å². The Morgan fingerprint density at radius 1 is 1.05 bits per heavy atom. The van der Waals surface area contributed by atoms with Crippen molar-refractivity contribution in [2.75, 3.05) is 0 Å². The molecule has 0 fully saturated rings. The van der Waals surface area contributed by atoms with Gasteiger partial charge in [-0.3, -0.25) is 9.78 Å². The number of fused-ring (bicyclic) bond motifs is 4. The lowest BCUT2D eigenvalue weighted by atomic mass is 10.1. The van der Waals surface area contributed by atoms with E-state index in [1.54, 1.807) is 12.3 Å². The van der Waals surface area contributed by atoms with Crippen LogP contribution in [0.5, 0.6) is 0 Å². The first-order valence-corrected chi connectivity index (χ1v) is 7.54. The second kappa shape index (κ2) is 4.69. The van der Waals surface area contributed by atoms with E-state index in [2.05, 4.69) is 4.98 Å². The molecule has 0 amide bonds. The molecule has 0 atom stereocenters. The highest BCUT2D eigenvalue weighted by molar-refractivity contribution is 7.24. The smallest absolute Gasteiger partial charge is 0.196 e. The third-order valence-electron chi connectivity index (χ3n) is 3.52. The van der Waals surface area contributed by atoms with Crippen molar-refractivity contribution in [3.63, 3.8) is 0 Å². The predicted molar refractivity (Wildman–Crippen MR) is 85.8 cm³/mol. The molecule has 2 nitrogen and oxygen atoms in total. The van der Waals surface area contributed by atoms with Gasteiger partial charge in [0, 0.05) is 21.7 Å². The summed E-state index contributed by atoms with van der Waals surface area (Å²) in [5, 5.41) is 0.658. The fourth-order valence-electron chi connectivity index (χ4n) is 2.53. The molecule has 0 radical (unpaired) electrons. The quantitative estimate of drug-likeness (QED) is 0.338. The molecule has 0 spiro atoms. The molecule has 2 aromatic carbocycles. The number of benzene rings is 2. The molecule has 2 aromatic heterocycles. The van der Waals surface area contributed by atoms with Gasteiger partial charge in [0.15, 0.2) is 5.43 Å². The number of hydrogen-bond acceptors (Lipinski definition) is 3. The third kappa shape index (κ3) is 1.82. The van der Waals surface area contributed by atoms with Crippen molar-refractivity contribution in [2.45, 2.75) is 0 Å². The molecule has 2 heterocycles. The van der Waals surface area contributed by atoms with E-state index in [9.17, 15) is 13.6 Å². The minimum atomic E-state index is -0.618. The van der Waals surface area contributed by atoms with Crippen LogP contribution in [-0.2, 0) is 0 Å². The molecule has 0 aliphatic carbocycles. The molecule has 108 valence electrons. The van der Waals surface area contributed by atoms with Gasteiger partial charge in [0.25, 0.3) is 0 Å². The number of rotatable bonds is 0. The van der Waals surface area contributed by atoms with E-state index < -0.39 is 11.6 Å². The molecule has 22 heavy (non-hydrogen) atoms. The maximum Gasteiger partial charge on any atom is 0.196 e. The van der Waals surface area contributed by atoms with E-state index in [-0.39, 0.29) is 26.6 Å². The molecular weight excluding hydrogens is 328 g/mol. The highest BCUT2D eigenvalue weighted by Crippen LogP contribution is 2.33. The van der Waals surface area contributed by atoms with Crippen LogP contribution >= 0.6 is 22.9 Å². The third-order valence-corrected chi connectivity index (χ3v) is 5.00. The highest BCUT2D eigenvalue weighted by atomic mass is 35.5. The summed E-state index contributed by atoms with van der Waals surface area (Å²) in [7, 11) is 0. The lowest BCUT2D eigenvalue weighted by Crippen LogP contribution is -2.03. The monoisotopic (exact) mass is 333 g/mol. The van der Waals surface area contributed by atoms with Crippen LogP contribution in [0.4, 0.5) is 8.78 Å². The Labute approximate surface area is 131 Å². The minimum absolute atomic E-state index is 0.143. The summed E-state index contributed by atoms with van der Waals surface area (Å²) in [5.74, 6) is -1.11. The fraction of sp³-hybridized carbons (Fsp3) is 0. The molecule has 6 heteroatoms. The van der Waals surface area contributed by atoms with Crippen LogP contribution in [0.3, 0.4) is 0 Å². The SMILES string of the molecule is O=c1c2cc(F)ccc2sc2cnc3ccc(F)c(Cl)c3c12. The van der Waals surface area contributed by atoms with Gasteiger partial charge in [0.2, 0.25) is 0 Å². The molecule has 0 aliphatic rings. The van der Waals surface area contributed by atoms with Crippen LogP contribution in [0, 0.1) is 11.6 Å². The van der Waals surface area contributed by atoms with Gasteiger partial charge in [-0.25, -0.2) is 8.78 Å². The Morgan fingerprint density at radius 3 is 2.68 bits per heavy atom. The van der Waals surface area contributed by atoms with Gasteiger partial charge in [0.05, 0.1) is 20.6 Å². The average molecular weight is 334 g/mol. The Morgan fingerprint density at radius 2 is 1.86 bits per heavy atom. The number of pyridine rings is 1. The molecule has 0 saturated carbocycles. The van der Waals surface area contributed by atoms with E-state index in [1.807, 2.05) is 0 Å². The zero-order valence-corrected chi connectivity index (χ0v) is 12.4. The summed E-state index contributed by atoms with van der Waals surface area (Å²) in [6.07, 6.45) is 1.56. The number of nitrogens with zero attached hydrogens (tertiary/aromatic N) is 1. The van der Waals surface area contributed by atoms with E-state index in [0.29, 0.717) is 14.9 Å². The Bertz CT molecular complexity index is 1140. The van der Waals surface area contributed by atoms with Gasteiger partial charge in [-0.2, -0.15) is 0 Å². The minimum Gasteiger partial charge on any atom is -0.288 e. The number of aromatic nitrogens is 1. The average Bonchev–Trinajstić information content (AvgIpc) is 2.51. The van der Waals surface area contributed by atoms with Gasteiger partial charge in [-0.15, -0.1) is 11.3 Å². The normalized spacial score (nSPS) is 11.6. The first-order chi connectivity index (χ1) is 10.6. The van der Waals surface area contributed by atoms with Crippen LogP contribution < -0.4 is 5.43 Å². The summed E-state index contributed by atoms with van der Waals surface area (Å²) >= 11 is 7.33. The van der Waals surface area contributed by atoms with Crippen molar-refractivity contribution in [3.8, 4) is 0 Å². The maximum absolute atomic E-state index is 13.8. The molecule has 0 bridgehead atoms. The van der Waals surface area contributed by atoms with Gasteiger partial charge < -0.3 is 0 Å². The predicted octanol–water partition coefficient (Wildman–Crippen LogP) is 4.89. The lowest BCUT2D eigenvalue weighted by molar-refractivity contribution is 0.629. The standard InChI is InChI=1S/C16H6ClF2NOS/c17-15-9(19)2-3-10-13(15)14-12(6-20-10)22-11-4-1-7(18)5-8(11)16(14)21/h1-6H. The molecule has 0 unspecified atom stereocenters. The van der Waals surface area contributed by atoms with Crippen LogP contribution in [-0.4, -0.2) is 4.98 Å². The van der Waals surface area contributed by atoms with Crippen molar-refractivity contribution >= 4 is 54.0 Å². The first-order valence-electron chi connectivity index (χ1n) is 6.35. The second-order valence-corrected chi connectivity index (χ2v) is 6.29. The summed E-state index contributed by atoms with van der Waals surface area (Å²) in [5.41, 5.74) is 0.0575. The second-order valence-electron chi connectivity index (χ2n) is 4.82. The Kier molecular flexibility index (Phi) is 2.89. The largest absolute Gasteiger partial charge is 0.288 e. The topological polar surface area (TPSA) is 30.0 Å². The van der Waals surface area contributed by atoms with Crippen molar-refractivity contribution in [3.05, 3.63) is 63.4 Å². The summed E-state index contributed by atoms with van der Waals surface area (Å²) in [4.78, 5) is 17.0. The van der Waals surface area contributed by atoms with Crippen molar-refractivity contribution < 1.29 is 8.78 Å². The van der Waals surface area contributed by atoms with Crippen LogP contribution in [0.15, 0.2) is 41.3 Å². The molecule has 0 N–H and O–H groups in total. The van der Waals surface area contributed by atoms with E-state index in [1.165, 1.54) is 35.6 Å². The zero-order chi connectivity index (χ0) is 15.4. The van der Waals surface area contributed by atoms with Crippen molar-refractivity contribution in [1.29, 1.82) is 0 Å². The molecule has 4 aromatic rings. The number of halogens is 3. The first kappa shape index (κ1) is 13.5. The van der Waals surface area contributed by atoms with Crippen molar-refractivity contribution in [2.24, 2.45) is 0 Å². The van der Waals surface area contributed by atoms with Gasteiger partial charge in [-0.05, 0) is 30.3 Å². The lowest BCUT2D eigenvalue weighted by Gasteiger charge is -2.06. The Hall–Kier alpha value is -2.11. The zero-order valence-electron chi connectivity index (χ0n) is 10.9. The molecule has 0 saturated heterocycles. The molecule has 4 rings (SSSR count). The summed E-state index contributed by atoms with van der Waals surface area (Å²) in [6.45, 7) is 0. The molecule has 0 aliphatic heterocycles. The van der Waals surface area contributed by atoms with E-state index in [4.69, 9.17) is 11.6 Å². The van der Waals surface area contributed by atoms with Gasteiger partial charge in [0.1, 0.15) is 11.6 Å².